The van der Waals surface area contributed by atoms with Gasteiger partial charge in [-0.05, 0) is 54.7 Å². The number of hydrogen-bond donors (Lipinski definition) is 0. The predicted octanol–water partition coefficient (Wildman–Crippen LogP) is 4.76. The summed E-state index contributed by atoms with van der Waals surface area (Å²) in [5.74, 6) is 1.61. The third-order valence-corrected chi connectivity index (χ3v) is 7.37. The second kappa shape index (κ2) is 9.33. The number of rotatable bonds is 5. The molecule has 6 heteroatoms. The quantitative estimate of drug-likeness (QED) is 0.676. The molecule has 0 saturated carbocycles. The highest BCUT2D eigenvalue weighted by atomic mass is 32.2. The van der Waals surface area contributed by atoms with Crippen LogP contribution in [0.2, 0.25) is 0 Å². The van der Waals surface area contributed by atoms with Gasteiger partial charge in [-0.15, -0.1) is 23.5 Å². The van der Waals surface area contributed by atoms with Gasteiger partial charge in [-0.1, -0.05) is 30.3 Å². The standard InChI is InChI=1S/C21H23NO3S2/c1-15(19(23)22(2)18-7-4-3-5-8-18)25-20(24)16-9-11-17(12-10-16)21-26-13-6-14-27-21/h3-5,7-12,15,21H,6,13-14H2,1-2H3/t15-/m0/s1. The zero-order valence-electron chi connectivity index (χ0n) is 15.5. The van der Waals surface area contributed by atoms with Gasteiger partial charge in [0.05, 0.1) is 10.1 Å². The Morgan fingerprint density at radius 3 is 2.30 bits per heavy atom. The normalized spacial score (nSPS) is 15.8. The number of ether oxygens (including phenoxy) is 1. The van der Waals surface area contributed by atoms with Crippen molar-refractivity contribution in [1.29, 1.82) is 0 Å². The number of nitrogens with zero attached hydrogens (tertiary/aromatic N) is 1. The van der Waals surface area contributed by atoms with Gasteiger partial charge in [0.1, 0.15) is 0 Å². The van der Waals surface area contributed by atoms with E-state index in [0.29, 0.717) is 10.1 Å². The molecule has 27 heavy (non-hydrogen) atoms. The molecule has 0 N–H and O–H groups in total. The number of para-hydroxylation sites is 1. The second-order valence-electron chi connectivity index (χ2n) is 6.33. The highest BCUT2D eigenvalue weighted by Gasteiger charge is 2.23. The zero-order valence-corrected chi connectivity index (χ0v) is 17.1. The van der Waals surface area contributed by atoms with Gasteiger partial charge < -0.3 is 9.64 Å². The fraction of sp³-hybridized carbons (Fsp3) is 0.333. The number of carbonyl (C=O) groups is 2. The summed E-state index contributed by atoms with van der Waals surface area (Å²) >= 11 is 3.89. The van der Waals surface area contributed by atoms with Crippen LogP contribution in [0.4, 0.5) is 5.69 Å². The smallest absolute Gasteiger partial charge is 0.338 e. The van der Waals surface area contributed by atoms with E-state index in [9.17, 15) is 9.59 Å². The first-order valence-corrected chi connectivity index (χ1v) is 11.0. The highest BCUT2D eigenvalue weighted by molar-refractivity contribution is 8.16. The van der Waals surface area contributed by atoms with Gasteiger partial charge in [0, 0.05) is 12.7 Å². The number of benzene rings is 2. The molecule has 0 bridgehead atoms. The molecule has 142 valence electrons. The molecule has 0 spiro atoms. The number of esters is 1. The molecule has 1 fully saturated rings. The summed E-state index contributed by atoms with van der Waals surface area (Å²) in [7, 11) is 1.68. The number of likely N-dealkylation sites (N-methyl/N-ethyl adjacent to an activating group) is 1. The van der Waals surface area contributed by atoms with Crippen LogP contribution in [-0.4, -0.2) is 36.5 Å². The molecule has 2 aromatic carbocycles. The van der Waals surface area contributed by atoms with Gasteiger partial charge in [-0.25, -0.2) is 4.79 Å². The summed E-state index contributed by atoms with van der Waals surface area (Å²) in [6.45, 7) is 1.60. The summed E-state index contributed by atoms with van der Waals surface area (Å²) in [5.41, 5.74) is 2.44. The van der Waals surface area contributed by atoms with Gasteiger partial charge in [-0.2, -0.15) is 0 Å². The van der Waals surface area contributed by atoms with E-state index in [0.717, 1.165) is 5.69 Å². The second-order valence-corrected chi connectivity index (χ2v) is 9.05. The number of thioether (sulfide) groups is 2. The molecule has 1 aliphatic heterocycles. The molecule has 4 nitrogen and oxygen atoms in total. The lowest BCUT2D eigenvalue weighted by Gasteiger charge is -2.22. The fourth-order valence-corrected chi connectivity index (χ4v) is 5.68. The molecular formula is C21H23NO3S2. The lowest BCUT2D eigenvalue weighted by molar-refractivity contribution is -0.126. The minimum atomic E-state index is -0.855. The molecule has 1 aliphatic rings. The van der Waals surface area contributed by atoms with Crippen molar-refractivity contribution in [2.24, 2.45) is 0 Å². The van der Waals surface area contributed by atoms with Gasteiger partial charge in [0.25, 0.3) is 5.91 Å². The van der Waals surface area contributed by atoms with Crippen LogP contribution in [-0.2, 0) is 9.53 Å². The molecule has 1 atom stereocenters. The SMILES string of the molecule is C[C@H](OC(=O)c1ccc(C2SCCCS2)cc1)C(=O)N(C)c1ccccc1. The van der Waals surface area contributed by atoms with Crippen LogP contribution in [0.15, 0.2) is 54.6 Å². The van der Waals surface area contributed by atoms with E-state index in [4.69, 9.17) is 4.74 Å². The van der Waals surface area contributed by atoms with Crippen molar-refractivity contribution >= 4 is 41.1 Å². The Balaban J connectivity index is 1.59. The van der Waals surface area contributed by atoms with Gasteiger partial charge >= 0.3 is 5.97 Å². The highest BCUT2D eigenvalue weighted by Crippen LogP contribution is 2.43. The first-order valence-electron chi connectivity index (χ1n) is 8.93. The zero-order chi connectivity index (χ0) is 19.2. The molecule has 2 aromatic rings. The first-order chi connectivity index (χ1) is 13.1. The molecule has 1 saturated heterocycles. The van der Waals surface area contributed by atoms with E-state index in [-0.39, 0.29) is 5.91 Å². The molecule has 0 aliphatic carbocycles. The van der Waals surface area contributed by atoms with Crippen molar-refractivity contribution in [2.75, 3.05) is 23.5 Å². The van der Waals surface area contributed by atoms with Crippen molar-refractivity contribution in [3.05, 3.63) is 65.7 Å². The van der Waals surface area contributed by atoms with E-state index in [1.807, 2.05) is 66.0 Å². The topological polar surface area (TPSA) is 46.6 Å². The summed E-state index contributed by atoms with van der Waals surface area (Å²) in [5, 5.41) is 0. The van der Waals surface area contributed by atoms with Crippen molar-refractivity contribution < 1.29 is 14.3 Å². The van der Waals surface area contributed by atoms with Crippen LogP contribution < -0.4 is 4.90 Å². The number of amides is 1. The molecule has 1 amide bonds. The summed E-state index contributed by atoms with van der Waals surface area (Å²) in [4.78, 5) is 26.4. The van der Waals surface area contributed by atoms with E-state index >= 15 is 0 Å². The Morgan fingerprint density at radius 1 is 1.04 bits per heavy atom. The van der Waals surface area contributed by atoms with Crippen LogP contribution in [0, 0.1) is 0 Å². The lowest BCUT2D eigenvalue weighted by Crippen LogP contribution is -2.37. The van der Waals surface area contributed by atoms with Crippen molar-refractivity contribution in [1.82, 2.24) is 0 Å². The van der Waals surface area contributed by atoms with Crippen LogP contribution in [0.25, 0.3) is 0 Å². The van der Waals surface area contributed by atoms with E-state index in [1.54, 1.807) is 26.1 Å². The minimum Gasteiger partial charge on any atom is -0.449 e. The number of carbonyl (C=O) groups excluding carboxylic acids is 2. The maximum atomic E-state index is 12.5. The molecular weight excluding hydrogens is 378 g/mol. The first kappa shape index (κ1) is 19.8. The van der Waals surface area contributed by atoms with Crippen LogP contribution in [0.5, 0.6) is 0 Å². The Hall–Kier alpha value is -1.92. The monoisotopic (exact) mass is 401 g/mol. The summed E-state index contributed by atoms with van der Waals surface area (Å²) in [6.07, 6.45) is 0.395. The molecule has 0 aromatic heterocycles. The van der Waals surface area contributed by atoms with Crippen molar-refractivity contribution in [2.45, 2.75) is 24.0 Å². The molecule has 3 rings (SSSR count). The largest absolute Gasteiger partial charge is 0.449 e. The molecule has 1 heterocycles. The molecule has 0 unspecified atom stereocenters. The van der Waals surface area contributed by atoms with Crippen LogP contribution in [0.3, 0.4) is 0 Å². The average Bonchev–Trinajstić information content (AvgIpc) is 2.74. The van der Waals surface area contributed by atoms with Crippen molar-refractivity contribution in [3.8, 4) is 0 Å². The average molecular weight is 402 g/mol. The summed E-state index contributed by atoms with van der Waals surface area (Å²) in [6, 6.07) is 16.8. The van der Waals surface area contributed by atoms with Crippen LogP contribution in [0.1, 0.15) is 33.8 Å². The summed E-state index contributed by atoms with van der Waals surface area (Å²) < 4.78 is 5.82. The lowest BCUT2D eigenvalue weighted by atomic mass is 10.1. The maximum Gasteiger partial charge on any atom is 0.338 e. The van der Waals surface area contributed by atoms with E-state index < -0.39 is 12.1 Å². The van der Waals surface area contributed by atoms with Crippen LogP contribution >= 0.6 is 23.5 Å². The maximum absolute atomic E-state index is 12.5. The third kappa shape index (κ3) is 5.08. The Kier molecular flexibility index (Phi) is 6.85. The minimum absolute atomic E-state index is 0.263. The Bertz CT molecular complexity index is 774. The Morgan fingerprint density at radius 2 is 1.67 bits per heavy atom. The Labute approximate surface area is 168 Å². The molecule has 0 radical (unpaired) electrons. The van der Waals surface area contributed by atoms with Gasteiger partial charge in [0.15, 0.2) is 6.10 Å². The van der Waals surface area contributed by atoms with Crippen molar-refractivity contribution in [3.63, 3.8) is 0 Å². The van der Waals surface area contributed by atoms with E-state index in [2.05, 4.69) is 0 Å². The third-order valence-electron chi connectivity index (χ3n) is 4.35. The predicted molar refractivity (Wildman–Crippen MR) is 113 cm³/mol. The van der Waals surface area contributed by atoms with Gasteiger partial charge in [0.2, 0.25) is 0 Å². The van der Waals surface area contributed by atoms with Gasteiger partial charge in [-0.3, -0.25) is 4.79 Å². The fourth-order valence-electron chi connectivity index (χ4n) is 2.79. The van der Waals surface area contributed by atoms with E-state index in [1.165, 1.54) is 28.4 Å². The number of hydrogen-bond acceptors (Lipinski definition) is 5. The number of anilines is 1.